The highest BCUT2D eigenvalue weighted by Crippen LogP contribution is 2.38. The molecule has 2 aliphatic rings. The maximum Gasteiger partial charge on any atom is 0.0325 e. The van der Waals surface area contributed by atoms with Crippen molar-refractivity contribution < 1.29 is 0 Å². The molecule has 3 rings (SSSR count). The minimum absolute atomic E-state index is 0.604. The first-order valence-electron chi connectivity index (χ1n) is 7.59. The minimum atomic E-state index is 0.604. The highest BCUT2D eigenvalue weighted by Gasteiger charge is 2.28. The van der Waals surface area contributed by atoms with Crippen molar-refractivity contribution in [2.75, 3.05) is 0 Å². The molecule has 0 aliphatic heterocycles. The third-order valence-electron chi connectivity index (χ3n) is 4.92. The molecule has 0 heterocycles. The van der Waals surface area contributed by atoms with Crippen molar-refractivity contribution in [1.82, 2.24) is 5.32 Å². The van der Waals surface area contributed by atoms with Crippen LogP contribution in [0.2, 0.25) is 0 Å². The van der Waals surface area contributed by atoms with Gasteiger partial charge in [0.15, 0.2) is 0 Å². The van der Waals surface area contributed by atoms with E-state index in [1.807, 2.05) is 0 Å². The Morgan fingerprint density at radius 2 is 1.72 bits per heavy atom. The van der Waals surface area contributed by atoms with Crippen molar-refractivity contribution in [1.29, 1.82) is 0 Å². The normalized spacial score (nSPS) is 35.4. The van der Waals surface area contributed by atoms with Crippen molar-refractivity contribution in [2.45, 2.75) is 64.0 Å². The Labute approximate surface area is 111 Å². The Hall–Kier alpha value is -0.820. The quantitative estimate of drug-likeness (QED) is 0.811. The van der Waals surface area contributed by atoms with Crippen molar-refractivity contribution in [3.63, 3.8) is 0 Å². The third-order valence-corrected chi connectivity index (χ3v) is 4.92. The van der Waals surface area contributed by atoms with Gasteiger partial charge in [0.1, 0.15) is 0 Å². The van der Waals surface area contributed by atoms with Crippen LogP contribution >= 0.6 is 0 Å². The molecule has 0 saturated heterocycles. The predicted molar refractivity (Wildman–Crippen MR) is 76.8 cm³/mol. The standard InChI is InChI=1S/C17H25N/c1-12-7-9-14(11-12)18-17-10-8-13(2)15-5-3-4-6-16(15)17/h3-6,12-14,17-18H,7-11H2,1-2H3. The zero-order chi connectivity index (χ0) is 12.5. The van der Waals surface area contributed by atoms with Crippen LogP contribution < -0.4 is 5.32 Å². The van der Waals surface area contributed by atoms with Crippen LogP contribution in [0, 0.1) is 5.92 Å². The van der Waals surface area contributed by atoms with Crippen molar-refractivity contribution in [3.8, 4) is 0 Å². The molecule has 98 valence electrons. The molecular formula is C17H25N. The van der Waals surface area contributed by atoms with Gasteiger partial charge in [0.2, 0.25) is 0 Å². The summed E-state index contributed by atoms with van der Waals surface area (Å²) in [6.07, 6.45) is 6.78. The van der Waals surface area contributed by atoms with E-state index >= 15 is 0 Å². The van der Waals surface area contributed by atoms with Crippen molar-refractivity contribution in [2.24, 2.45) is 5.92 Å². The number of nitrogens with one attached hydrogen (secondary N) is 1. The van der Waals surface area contributed by atoms with Crippen molar-refractivity contribution >= 4 is 0 Å². The van der Waals surface area contributed by atoms with Gasteiger partial charge in [0.05, 0.1) is 0 Å². The fraction of sp³-hybridized carbons (Fsp3) is 0.647. The van der Waals surface area contributed by atoms with E-state index in [4.69, 9.17) is 0 Å². The van der Waals surface area contributed by atoms with Gasteiger partial charge in [-0.3, -0.25) is 0 Å². The van der Waals surface area contributed by atoms with E-state index in [0.717, 1.165) is 17.9 Å². The summed E-state index contributed by atoms with van der Waals surface area (Å²) in [5, 5.41) is 3.92. The Morgan fingerprint density at radius 3 is 2.44 bits per heavy atom. The van der Waals surface area contributed by atoms with Crippen LogP contribution in [-0.4, -0.2) is 6.04 Å². The summed E-state index contributed by atoms with van der Waals surface area (Å²) in [7, 11) is 0. The summed E-state index contributed by atoms with van der Waals surface area (Å²) in [5.41, 5.74) is 3.14. The molecule has 4 atom stereocenters. The van der Waals surface area contributed by atoms with Crippen LogP contribution in [-0.2, 0) is 0 Å². The van der Waals surface area contributed by atoms with Gasteiger partial charge in [0, 0.05) is 12.1 Å². The van der Waals surface area contributed by atoms with Gasteiger partial charge < -0.3 is 5.32 Å². The molecule has 0 amide bonds. The van der Waals surface area contributed by atoms with Crippen LogP contribution in [0.25, 0.3) is 0 Å². The zero-order valence-corrected chi connectivity index (χ0v) is 11.7. The Bertz CT molecular complexity index is 412. The maximum atomic E-state index is 3.92. The lowest BCUT2D eigenvalue weighted by Gasteiger charge is -2.32. The summed E-state index contributed by atoms with van der Waals surface area (Å²) < 4.78 is 0. The number of benzene rings is 1. The molecule has 1 fully saturated rings. The smallest absolute Gasteiger partial charge is 0.0325 e. The van der Waals surface area contributed by atoms with Gasteiger partial charge in [-0.1, -0.05) is 38.1 Å². The molecule has 1 aromatic rings. The van der Waals surface area contributed by atoms with Gasteiger partial charge in [-0.05, 0) is 55.1 Å². The number of hydrogen-bond acceptors (Lipinski definition) is 1. The summed E-state index contributed by atoms with van der Waals surface area (Å²) >= 11 is 0. The van der Waals surface area contributed by atoms with Gasteiger partial charge in [-0.2, -0.15) is 0 Å². The lowest BCUT2D eigenvalue weighted by Crippen LogP contribution is -2.33. The van der Waals surface area contributed by atoms with Gasteiger partial charge in [0.25, 0.3) is 0 Å². The van der Waals surface area contributed by atoms with E-state index in [-0.39, 0.29) is 0 Å². The van der Waals surface area contributed by atoms with E-state index in [2.05, 4.69) is 43.4 Å². The monoisotopic (exact) mass is 243 g/mol. The molecule has 18 heavy (non-hydrogen) atoms. The van der Waals surface area contributed by atoms with E-state index in [9.17, 15) is 0 Å². The largest absolute Gasteiger partial charge is 0.307 e. The van der Waals surface area contributed by atoms with Gasteiger partial charge in [-0.15, -0.1) is 0 Å². The van der Waals surface area contributed by atoms with E-state index in [1.165, 1.54) is 32.1 Å². The van der Waals surface area contributed by atoms with E-state index in [1.54, 1.807) is 11.1 Å². The second kappa shape index (κ2) is 5.05. The third kappa shape index (κ3) is 2.33. The first-order chi connectivity index (χ1) is 8.74. The Balaban J connectivity index is 1.76. The fourth-order valence-electron chi connectivity index (χ4n) is 3.82. The first kappa shape index (κ1) is 12.2. The highest BCUT2D eigenvalue weighted by atomic mass is 15.0. The second-order valence-electron chi connectivity index (χ2n) is 6.44. The fourth-order valence-corrected chi connectivity index (χ4v) is 3.82. The number of fused-ring (bicyclic) bond motifs is 1. The molecule has 2 aliphatic carbocycles. The average molecular weight is 243 g/mol. The second-order valence-corrected chi connectivity index (χ2v) is 6.44. The summed E-state index contributed by atoms with van der Waals surface area (Å²) in [6.45, 7) is 4.76. The molecule has 4 unspecified atom stereocenters. The zero-order valence-electron chi connectivity index (χ0n) is 11.7. The van der Waals surface area contributed by atoms with Gasteiger partial charge >= 0.3 is 0 Å². The van der Waals surface area contributed by atoms with E-state index < -0.39 is 0 Å². The molecule has 0 bridgehead atoms. The number of rotatable bonds is 2. The molecule has 1 N–H and O–H groups in total. The van der Waals surface area contributed by atoms with Crippen LogP contribution in [0.4, 0.5) is 0 Å². The van der Waals surface area contributed by atoms with Crippen molar-refractivity contribution in [3.05, 3.63) is 35.4 Å². The molecule has 1 saturated carbocycles. The molecule has 0 aromatic heterocycles. The maximum absolute atomic E-state index is 3.92. The first-order valence-corrected chi connectivity index (χ1v) is 7.59. The van der Waals surface area contributed by atoms with Gasteiger partial charge in [-0.25, -0.2) is 0 Å². The molecule has 1 heteroatoms. The summed E-state index contributed by atoms with van der Waals surface area (Å²) in [5.74, 6) is 1.65. The SMILES string of the molecule is CC1CCC(NC2CCC(C)c3ccccc32)C1. The molecule has 0 spiro atoms. The summed E-state index contributed by atoms with van der Waals surface area (Å²) in [4.78, 5) is 0. The predicted octanol–water partition coefficient (Wildman–Crippen LogP) is 4.40. The highest BCUT2D eigenvalue weighted by molar-refractivity contribution is 5.35. The minimum Gasteiger partial charge on any atom is -0.307 e. The topological polar surface area (TPSA) is 12.0 Å². The number of hydrogen-bond donors (Lipinski definition) is 1. The molecule has 1 nitrogen and oxygen atoms in total. The average Bonchev–Trinajstić information content (AvgIpc) is 2.79. The van der Waals surface area contributed by atoms with Crippen LogP contribution in [0.1, 0.15) is 69.0 Å². The summed E-state index contributed by atoms with van der Waals surface area (Å²) in [6, 6.07) is 10.4. The lowest BCUT2D eigenvalue weighted by atomic mass is 9.81. The molecular weight excluding hydrogens is 218 g/mol. The van der Waals surface area contributed by atoms with Crippen LogP contribution in [0.3, 0.4) is 0 Å². The van der Waals surface area contributed by atoms with Crippen LogP contribution in [0.5, 0.6) is 0 Å². The van der Waals surface area contributed by atoms with Crippen LogP contribution in [0.15, 0.2) is 24.3 Å². The van der Waals surface area contributed by atoms with E-state index in [0.29, 0.717) is 6.04 Å². The lowest BCUT2D eigenvalue weighted by molar-refractivity contribution is 0.376. The molecule has 1 aromatic carbocycles. The Kier molecular flexibility index (Phi) is 3.43. The Morgan fingerprint density at radius 1 is 0.944 bits per heavy atom. The molecule has 0 radical (unpaired) electrons.